The molecule has 1 amide bonds. The SMILES string of the molecule is COCCNc1ccc(S(C)(=O)=O)cc1NC(=O)CC1COCCN1.Cl. The Balaban J connectivity index is 0.00000338. The van der Waals surface area contributed by atoms with Crippen molar-refractivity contribution in [3.63, 3.8) is 0 Å². The summed E-state index contributed by atoms with van der Waals surface area (Å²) >= 11 is 0. The van der Waals surface area contributed by atoms with Gasteiger partial charge in [0, 0.05) is 38.9 Å². The Morgan fingerprint density at radius 2 is 2.15 bits per heavy atom. The first-order valence-electron chi connectivity index (χ1n) is 8.08. The lowest BCUT2D eigenvalue weighted by molar-refractivity contribution is -0.117. The molecule has 1 aliphatic rings. The zero-order valence-electron chi connectivity index (χ0n) is 14.9. The normalized spacial score (nSPS) is 17.2. The number of sulfone groups is 1. The quantitative estimate of drug-likeness (QED) is 0.549. The van der Waals surface area contributed by atoms with Gasteiger partial charge in [-0.05, 0) is 18.2 Å². The number of ether oxygens (including phenoxy) is 2. The van der Waals surface area contributed by atoms with Gasteiger partial charge in [0.25, 0.3) is 0 Å². The van der Waals surface area contributed by atoms with Gasteiger partial charge in [-0.1, -0.05) is 0 Å². The van der Waals surface area contributed by atoms with Crippen LogP contribution in [-0.4, -0.2) is 66.6 Å². The number of amides is 1. The van der Waals surface area contributed by atoms with Gasteiger partial charge in [-0.15, -0.1) is 12.4 Å². The van der Waals surface area contributed by atoms with Gasteiger partial charge < -0.3 is 25.4 Å². The highest BCUT2D eigenvalue weighted by Crippen LogP contribution is 2.26. The van der Waals surface area contributed by atoms with E-state index in [0.29, 0.717) is 44.3 Å². The number of carbonyl (C=O) groups is 1. The molecule has 0 radical (unpaired) electrons. The first kappa shape index (κ1) is 22.7. The number of halogens is 1. The van der Waals surface area contributed by atoms with Crippen LogP contribution in [0.5, 0.6) is 0 Å². The van der Waals surface area contributed by atoms with E-state index in [9.17, 15) is 13.2 Å². The van der Waals surface area contributed by atoms with Crippen LogP contribution in [0.4, 0.5) is 11.4 Å². The second kappa shape index (κ2) is 10.7. The van der Waals surface area contributed by atoms with Crippen LogP contribution >= 0.6 is 12.4 Å². The number of hydrogen-bond donors (Lipinski definition) is 3. The van der Waals surface area contributed by atoms with Gasteiger partial charge in [0.15, 0.2) is 9.84 Å². The number of carbonyl (C=O) groups excluding carboxylic acids is 1. The van der Waals surface area contributed by atoms with E-state index < -0.39 is 9.84 Å². The van der Waals surface area contributed by atoms with Crippen molar-refractivity contribution in [3.05, 3.63) is 18.2 Å². The molecule has 1 aliphatic heterocycles. The van der Waals surface area contributed by atoms with E-state index in [4.69, 9.17) is 9.47 Å². The topological polar surface area (TPSA) is 106 Å². The zero-order chi connectivity index (χ0) is 18.3. The van der Waals surface area contributed by atoms with E-state index in [0.717, 1.165) is 6.26 Å². The predicted octanol–water partition coefficient (Wildman–Crippen LogP) is 0.887. The number of rotatable bonds is 8. The minimum absolute atomic E-state index is 0. The predicted molar refractivity (Wildman–Crippen MR) is 103 cm³/mol. The summed E-state index contributed by atoms with van der Waals surface area (Å²) < 4.78 is 33.9. The summed E-state index contributed by atoms with van der Waals surface area (Å²) in [5, 5.41) is 9.14. The van der Waals surface area contributed by atoms with Crippen molar-refractivity contribution in [3.8, 4) is 0 Å². The molecule has 1 aromatic carbocycles. The number of benzene rings is 1. The number of hydrogen-bond acceptors (Lipinski definition) is 7. The van der Waals surface area contributed by atoms with Gasteiger partial charge in [0.2, 0.25) is 5.91 Å². The largest absolute Gasteiger partial charge is 0.383 e. The molecule has 0 spiro atoms. The Morgan fingerprint density at radius 1 is 1.38 bits per heavy atom. The molecule has 0 saturated carbocycles. The van der Waals surface area contributed by atoms with Gasteiger partial charge in [0.05, 0.1) is 36.1 Å². The first-order chi connectivity index (χ1) is 11.9. The average molecular weight is 408 g/mol. The molecule has 10 heteroatoms. The molecule has 1 fully saturated rings. The average Bonchev–Trinajstić information content (AvgIpc) is 2.56. The Labute approximate surface area is 160 Å². The second-order valence-electron chi connectivity index (χ2n) is 5.88. The Morgan fingerprint density at radius 3 is 2.77 bits per heavy atom. The molecule has 0 aliphatic carbocycles. The molecule has 8 nitrogen and oxygen atoms in total. The summed E-state index contributed by atoms with van der Waals surface area (Å²) in [5.41, 5.74) is 1.08. The summed E-state index contributed by atoms with van der Waals surface area (Å²) in [6.07, 6.45) is 1.38. The highest BCUT2D eigenvalue weighted by atomic mass is 35.5. The Hall–Kier alpha value is -1.39. The number of morpholine rings is 1. The third-order valence-electron chi connectivity index (χ3n) is 3.75. The van der Waals surface area contributed by atoms with Crippen LogP contribution in [0.3, 0.4) is 0 Å². The summed E-state index contributed by atoms with van der Waals surface area (Å²) in [7, 11) is -1.77. The van der Waals surface area contributed by atoms with Crippen LogP contribution in [-0.2, 0) is 24.1 Å². The number of anilines is 2. The van der Waals surface area contributed by atoms with Crippen LogP contribution in [0.1, 0.15) is 6.42 Å². The number of nitrogens with one attached hydrogen (secondary N) is 3. The van der Waals surface area contributed by atoms with Crippen molar-refractivity contribution in [1.82, 2.24) is 5.32 Å². The maximum Gasteiger partial charge on any atom is 0.226 e. The van der Waals surface area contributed by atoms with Gasteiger partial charge in [-0.3, -0.25) is 4.79 Å². The number of methoxy groups -OCH3 is 1. The lowest BCUT2D eigenvalue weighted by Crippen LogP contribution is -2.43. The van der Waals surface area contributed by atoms with Gasteiger partial charge in [-0.25, -0.2) is 8.42 Å². The molecule has 148 valence electrons. The van der Waals surface area contributed by atoms with Crippen molar-refractivity contribution in [2.45, 2.75) is 17.4 Å². The van der Waals surface area contributed by atoms with E-state index >= 15 is 0 Å². The van der Waals surface area contributed by atoms with Crippen molar-refractivity contribution in [2.75, 3.05) is 56.9 Å². The molecule has 1 atom stereocenters. The summed E-state index contributed by atoms with van der Waals surface area (Å²) in [6, 6.07) is 4.57. The molecule has 1 unspecified atom stereocenters. The highest BCUT2D eigenvalue weighted by Gasteiger charge is 2.18. The molecule has 1 saturated heterocycles. The van der Waals surface area contributed by atoms with E-state index in [1.54, 1.807) is 13.2 Å². The maximum absolute atomic E-state index is 12.3. The Kier molecular flexibility index (Phi) is 9.31. The fraction of sp³-hybridized carbons (Fsp3) is 0.562. The molecule has 1 aromatic rings. The lowest BCUT2D eigenvalue weighted by Gasteiger charge is -2.23. The summed E-state index contributed by atoms with van der Waals surface area (Å²) in [6.45, 7) is 2.86. The van der Waals surface area contributed by atoms with E-state index in [1.807, 2.05) is 0 Å². The summed E-state index contributed by atoms with van der Waals surface area (Å²) in [5.74, 6) is -0.205. The van der Waals surface area contributed by atoms with Crippen LogP contribution in [0, 0.1) is 0 Å². The highest BCUT2D eigenvalue weighted by molar-refractivity contribution is 7.90. The lowest BCUT2D eigenvalue weighted by atomic mass is 10.2. The molecular weight excluding hydrogens is 382 g/mol. The van der Waals surface area contributed by atoms with Crippen LogP contribution in [0.2, 0.25) is 0 Å². The van der Waals surface area contributed by atoms with Crippen molar-refractivity contribution >= 4 is 39.5 Å². The van der Waals surface area contributed by atoms with E-state index in [1.165, 1.54) is 12.1 Å². The Bertz CT molecular complexity index is 693. The van der Waals surface area contributed by atoms with Gasteiger partial charge >= 0.3 is 0 Å². The van der Waals surface area contributed by atoms with Crippen LogP contribution in [0.25, 0.3) is 0 Å². The minimum atomic E-state index is -3.37. The monoisotopic (exact) mass is 407 g/mol. The molecule has 2 rings (SSSR count). The summed E-state index contributed by atoms with van der Waals surface area (Å²) in [4.78, 5) is 12.5. The molecular formula is C16H26ClN3O5S. The minimum Gasteiger partial charge on any atom is -0.383 e. The zero-order valence-corrected chi connectivity index (χ0v) is 16.5. The molecule has 0 bridgehead atoms. The standard InChI is InChI=1S/C16H25N3O5S.ClH/c1-23-7-5-18-14-4-3-13(25(2,21)22)10-15(14)19-16(20)9-12-11-24-8-6-17-12;/h3-4,10,12,17-18H,5-9,11H2,1-2H3,(H,19,20);1H. The maximum atomic E-state index is 12.3. The smallest absolute Gasteiger partial charge is 0.226 e. The van der Waals surface area contributed by atoms with E-state index in [-0.39, 0.29) is 35.7 Å². The van der Waals surface area contributed by atoms with Crippen LogP contribution < -0.4 is 16.0 Å². The third-order valence-corrected chi connectivity index (χ3v) is 4.86. The van der Waals surface area contributed by atoms with Crippen molar-refractivity contribution in [2.24, 2.45) is 0 Å². The van der Waals surface area contributed by atoms with Gasteiger partial charge in [-0.2, -0.15) is 0 Å². The third kappa shape index (κ3) is 7.08. The van der Waals surface area contributed by atoms with Gasteiger partial charge in [0.1, 0.15) is 0 Å². The first-order valence-corrected chi connectivity index (χ1v) is 9.97. The van der Waals surface area contributed by atoms with E-state index in [2.05, 4.69) is 16.0 Å². The molecule has 26 heavy (non-hydrogen) atoms. The van der Waals surface area contributed by atoms with Crippen molar-refractivity contribution in [1.29, 1.82) is 0 Å². The fourth-order valence-electron chi connectivity index (χ4n) is 2.48. The van der Waals surface area contributed by atoms with Crippen molar-refractivity contribution < 1.29 is 22.7 Å². The molecule has 0 aromatic heterocycles. The van der Waals surface area contributed by atoms with Crippen LogP contribution in [0.15, 0.2) is 23.1 Å². The molecule has 3 N–H and O–H groups in total. The fourth-order valence-corrected chi connectivity index (χ4v) is 3.12. The second-order valence-corrected chi connectivity index (χ2v) is 7.89. The molecule has 1 heterocycles.